The first-order valence-electron chi connectivity index (χ1n) is 10.5. The van der Waals surface area contributed by atoms with Gasteiger partial charge in [-0.3, -0.25) is 19.3 Å². The summed E-state index contributed by atoms with van der Waals surface area (Å²) in [4.78, 5) is 54.0. The minimum absolute atomic E-state index is 0. The van der Waals surface area contributed by atoms with E-state index in [0.29, 0.717) is 14.9 Å². The smallest absolute Gasteiger partial charge is 0.543 e. The van der Waals surface area contributed by atoms with E-state index in [0.717, 1.165) is 16.2 Å². The van der Waals surface area contributed by atoms with E-state index in [2.05, 4.69) is 25.7 Å². The molecule has 2 aromatic heterocycles. The van der Waals surface area contributed by atoms with Crippen molar-refractivity contribution in [1.29, 1.82) is 0 Å². The van der Waals surface area contributed by atoms with Crippen molar-refractivity contribution in [3.63, 3.8) is 0 Å². The van der Waals surface area contributed by atoms with Crippen LogP contribution in [-0.4, -0.2) is 84.3 Å². The first kappa shape index (κ1) is 30.3. The van der Waals surface area contributed by atoms with Gasteiger partial charge < -0.3 is 30.9 Å². The number of amides is 2. The number of rotatable bonds is 10. The number of hydrogen-bond donors (Lipinski definition) is 3. The average Bonchev–Trinajstić information content (AvgIpc) is 3.49. The van der Waals surface area contributed by atoms with Crippen LogP contribution < -0.4 is 45.7 Å². The van der Waals surface area contributed by atoms with Gasteiger partial charge in [-0.1, -0.05) is 28.3 Å². The normalized spacial score (nSPS) is 18.8. The van der Waals surface area contributed by atoms with Crippen LogP contribution in [0.15, 0.2) is 26.1 Å². The molecule has 1 fully saturated rings. The molecule has 0 bridgehead atoms. The van der Waals surface area contributed by atoms with Crippen molar-refractivity contribution >= 4 is 80.8 Å². The van der Waals surface area contributed by atoms with Crippen molar-refractivity contribution in [3.05, 3.63) is 27.4 Å². The van der Waals surface area contributed by atoms with Gasteiger partial charge in [-0.15, -0.1) is 33.3 Å². The van der Waals surface area contributed by atoms with Gasteiger partial charge in [-0.25, -0.2) is 4.98 Å². The number of carbonyl (C=O) groups excluding carboxylic acids is 4. The van der Waals surface area contributed by atoms with Gasteiger partial charge in [-0.2, -0.15) is 0 Å². The SMILES string of the molecule is CCOC(=O)Cc1nnc(SCC2=C(C(=O)[O-])N3C(=O)C(NC(=O)C(=NO)c4csc(N)n4)[C@@H]3SC2)s1.[Na+]. The number of nitrogens with zero attached hydrogens (tertiary/aromatic N) is 5. The Labute approximate surface area is 253 Å². The van der Waals surface area contributed by atoms with Crippen LogP contribution in [0, 0.1) is 0 Å². The van der Waals surface area contributed by atoms with Crippen molar-refractivity contribution in [1.82, 2.24) is 25.4 Å². The zero-order valence-corrected chi connectivity index (χ0v) is 25.2. The van der Waals surface area contributed by atoms with E-state index in [9.17, 15) is 29.5 Å². The van der Waals surface area contributed by atoms with Gasteiger partial charge in [0.2, 0.25) is 0 Å². The van der Waals surface area contributed by atoms with Crippen molar-refractivity contribution in [3.8, 4) is 0 Å². The number of carboxylic acid groups (broad SMARTS) is 1. The molecule has 1 saturated heterocycles. The zero-order chi connectivity index (χ0) is 26.7. The van der Waals surface area contributed by atoms with Crippen LogP contribution in [0.25, 0.3) is 0 Å². The number of nitrogens with two attached hydrogens (primary N) is 1. The molecule has 0 aromatic carbocycles. The molecule has 4 N–H and O–H groups in total. The summed E-state index contributed by atoms with van der Waals surface area (Å²) in [7, 11) is 0. The summed E-state index contributed by atoms with van der Waals surface area (Å²) in [5.41, 5.74) is 5.36. The van der Waals surface area contributed by atoms with Crippen molar-refractivity contribution in [2.45, 2.75) is 29.1 Å². The van der Waals surface area contributed by atoms with Crippen LogP contribution in [0.3, 0.4) is 0 Å². The monoisotopic (exact) mass is 607 g/mol. The number of hydrogen-bond acceptors (Lipinski definition) is 16. The Balaban J connectivity index is 0.00000400. The van der Waals surface area contributed by atoms with Crippen LogP contribution in [-0.2, 0) is 30.3 Å². The molecule has 38 heavy (non-hydrogen) atoms. The number of carbonyl (C=O) groups is 4. The molecule has 2 amide bonds. The molecule has 2 aliphatic rings. The maximum atomic E-state index is 12.8. The zero-order valence-electron chi connectivity index (χ0n) is 19.9. The number of β-lactam (4-membered cyclic amide) rings is 1. The van der Waals surface area contributed by atoms with Crippen LogP contribution in [0.5, 0.6) is 0 Å². The number of esters is 1. The van der Waals surface area contributed by atoms with Crippen LogP contribution in [0.4, 0.5) is 5.13 Å². The maximum Gasteiger partial charge on any atom is 1.00 e. The largest absolute Gasteiger partial charge is 1.00 e. The Morgan fingerprint density at radius 3 is 2.79 bits per heavy atom. The van der Waals surface area contributed by atoms with E-state index >= 15 is 0 Å². The predicted molar refractivity (Wildman–Crippen MR) is 133 cm³/mol. The number of fused-ring (bicyclic) bond motifs is 1. The molecule has 2 atom stereocenters. The Kier molecular flexibility index (Phi) is 10.6. The minimum atomic E-state index is -1.52. The first-order chi connectivity index (χ1) is 17.7. The molecular formula is C19H18N7NaO7S4. The quantitative estimate of drug-likeness (QED) is 0.0448. The number of ether oxygens (including phenoxy) is 1. The van der Waals surface area contributed by atoms with Crippen LogP contribution >= 0.6 is 46.2 Å². The van der Waals surface area contributed by atoms with Crippen molar-refractivity contribution in [2.24, 2.45) is 5.16 Å². The molecule has 4 heterocycles. The molecule has 0 radical (unpaired) electrons. The Morgan fingerprint density at radius 1 is 1.39 bits per heavy atom. The number of thioether (sulfide) groups is 2. The summed E-state index contributed by atoms with van der Waals surface area (Å²) < 4.78 is 5.41. The summed E-state index contributed by atoms with van der Waals surface area (Å²) in [5.74, 6) is -2.98. The predicted octanol–water partition coefficient (Wildman–Crippen LogP) is -3.94. The Bertz CT molecular complexity index is 1310. The third-order valence-corrected chi connectivity index (χ3v) is 9.18. The molecule has 196 valence electrons. The molecule has 0 aliphatic carbocycles. The summed E-state index contributed by atoms with van der Waals surface area (Å²) in [6.07, 6.45) is -0.00939. The number of carboxylic acids is 1. The molecule has 0 spiro atoms. The number of oxime groups is 1. The summed E-state index contributed by atoms with van der Waals surface area (Å²) in [5, 5.41) is 35.9. The van der Waals surface area contributed by atoms with Crippen molar-refractivity contribution in [2.75, 3.05) is 23.8 Å². The first-order valence-corrected chi connectivity index (χ1v) is 14.2. The van der Waals surface area contributed by atoms with E-state index in [1.807, 2.05) is 0 Å². The molecule has 1 unspecified atom stereocenters. The van der Waals surface area contributed by atoms with E-state index in [1.54, 1.807) is 6.92 Å². The molecular weight excluding hydrogens is 590 g/mol. The summed E-state index contributed by atoms with van der Waals surface area (Å²) >= 11 is 4.72. The van der Waals surface area contributed by atoms with Gasteiger partial charge >= 0.3 is 35.5 Å². The van der Waals surface area contributed by atoms with Crippen LogP contribution in [0.1, 0.15) is 17.6 Å². The fourth-order valence-electron chi connectivity index (χ4n) is 3.45. The number of anilines is 1. The molecule has 0 saturated carbocycles. The number of thiazole rings is 1. The van der Waals surface area contributed by atoms with Gasteiger partial charge in [-0.05, 0) is 12.5 Å². The van der Waals surface area contributed by atoms with E-state index < -0.39 is 40.9 Å². The van der Waals surface area contributed by atoms with E-state index in [4.69, 9.17) is 10.5 Å². The summed E-state index contributed by atoms with van der Waals surface area (Å²) in [6, 6.07) is -1.04. The topological polar surface area (TPSA) is 213 Å². The van der Waals surface area contributed by atoms with Gasteiger partial charge in [0.25, 0.3) is 11.8 Å². The Morgan fingerprint density at radius 2 is 2.16 bits per heavy atom. The third kappa shape index (κ3) is 6.49. The average molecular weight is 608 g/mol. The molecule has 2 aromatic rings. The molecule has 14 nitrogen and oxygen atoms in total. The number of aliphatic carboxylic acids is 1. The van der Waals surface area contributed by atoms with Crippen molar-refractivity contribution < 1.29 is 63.8 Å². The maximum absolute atomic E-state index is 12.8. The van der Waals surface area contributed by atoms with Gasteiger partial charge in [0.1, 0.15) is 22.1 Å². The number of nitrogen functional groups attached to an aromatic ring is 1. The summed E-state index contributed by atoms with van der Waals surface area (Å²) in [6.45, 7) is 1.96. The second kappa shape index (κ2) is 13.2. The van der Waals surface area contributed by atoms with Gasteiger partial charge in [0.15, 0.2) is 15.2 Å². The fraction of sp³-hybridized carbons (Fsp3) is 0.368. The van der Waals surface area contributed by atoms with Gasteiger partial charge in [0.05, 0.1) is 24.7 Å². The second-order valence-electron chi connectivity index (χ2n) is 7.35. The Hall–Kier alpha value is -2.22. The van der Waals surface area contributed by atoms with Gasteiger partial charge in [0, 0.05) is 16.9 Å². The van der Waals surface area contributed by atoms with E-state index in [1.165, 1.54) is 40.2 Å². The minimum Gasteiger partial charge on any atom is -0.543 e. The standard InChI is InChI=1S/C19H19N7O7S4.Na/c1-2-33-10(27)3-9-23-24-19(37-9)36-5-7-4-34-16-12(15(29)26(16)13(7)17(30)31)22-14(28)11(25-32)8-6-35-18(20)21-8;/h6,12,16,32H,2-5H2,1H3,(H2,20,21)(H,22,28)(H,30,31);/q;+1/p-1/t12?,16-;/m0./s1. The number of nitrogens with one attached hydrogen (secondary N) is 1. The molecule has 2 aliphatic heterocycles. The molecule has 19 heteroatoms. The number of aromatic nitrogens is 3. The third-order valence-electron chi connectivity index (χ3n) is 5.03. The molecule has 4 rings (SSSR count). The second-order valence-corrected chi connectivity index (χ2v) is 11.6. The fourth-order valence-corrected chi connectivity index (χ4v) is 7.37. The van der Waals surface area contributed by atoms with Crippen LogP contribution in [0.2, 0.25) is 0 Å². The van der Waals surface area contributed by atoms with E-state index in [-0.39, 0.29) is 70.6 Å².